The zero-order chi connectivity index (χ0) is 23.0. The lowest BCUT2D eigenvalue weighted by Gasteiger charge is -2.26. The van der Waals surface area contributed by atoms with E-state index in [-0.39, 0.29) is 17.4 Å². The number of aliphatic hydroxyl groups is 1. The van der Waals surface area contributed by atoms with E-state index in [9.17, 15) is 14.7 Å². The number of ketones is 1. The highest BCUT2D eigenvalue weighted by molar-refractivity contribution is 6.46. The smallest absolute Gasteiger partial charge is 0.295 e. The molecule has 1 fully saturated rings. The lowest BCUT2D eigenvalue weighted by Crippen LogP contribution is -2.32. The highest BCUT2D eigenvalue weighted by atomic mass is 35.5. The second-order valence-corrected chi connectivity index (χ2v) is 9.10. The summed E-state index contributed by atoms with van der Waals surface area (Å²) in [5.41, 5.74) is 2.26. The Labute approximate surface area is 193 Å². The number of rotatable bonds is 6. The summed E-state index contributed by atoms with van der Waals surface area (Å²) in [6.07, 6.45) is 1.49. The summed E-state index contributed by atoms with van der Waals surface area (Å²) in [6, 6.07) is 11.8. The zero-order valence-corrected chi connectivity index (χ0v) is 19.2. The standard InChI is InChI=1S/C25H27ClN2O4/c1-15-12-18-13-17(8-9-20(18)32-15)23(29)21-22(16-6-4-7-19(26)14-16)28(25(31)24(21)30)11-5-10-27(2)3/h4,6-9,13-15,22,29H,5,10-12H2,1-3H3/b23-21+/t15-,22-/m0/s1. The fourth-order valence-corrected chi connectivity index (χ4v) is 4.61. The Kier molecular flexibility index (Phi) is 6.26. The van der Waals surface area contributed by atoms with Gasteiger partial charge in [-0.15, -0.1) is 0 Å². The van der Waals surface area contributed by atoms with Crippen LogP contribution >= 0.6 is 11.6 Å². The third kappa shape index (κ3) is 4.25. The molecule has 0 bridgehead atoms. The van der Waals surface area contributed by atoms with E-state index < -0.39 is 17.7 Å². The Hall–Kier alpha value is -2.83. The Bertz CT molecular complexity index is 1100. The zero-order valence-electron chi connectivity index (χ0n) is 18.5. The molecule has 2 aliphatic heterocycles. The van der Waals surface area contributed by atoms with Gasteiger partial charge in [0.1, 0.15) is 17.6 Å². The van der Waals surface area contributed by atoms with Crippen molar-refractivity contribution in [2.24, 2.45) is 0 Å². The molecule has 1 N–H and O–H groups in total. The minimum atomic E-state index is -0.695. The number of Topliss-reactive ketones (excluding diaryl/α,β-unsaturated/α-hetero) is 1. The lowest BCUT2D eigenvalue weighted by atomic mass is 9.94. The maximum absolute atomic E-state index is 13.1. The maximum Gasteiger partial charge on any atom is 0.295 e. The molecule has 0 aliphatic carbocycles. The lowest BCUT2D eigenvalue weighted by molar-refractivity contribution is -0.139. The van der Waals surface area contributed by atoms with Crippen LogP contribution in [0.1, 0.15) is 36.1 Å². The summed E-state index contributed by atoms with van der Waals surface area (Å²) < 4.78 is 5.74. The molecule has 1 amide bonds. The molecule has 2 heterocycles. The number of likely N-dealkylation sites (tertiary alicyclic amines) is 1. The first-order valence-electron chi connectivity index (χ1n) is 10.7. The molecule has 6 nitrogen and oxygen atoms in total. The van der Waals surface area contributed by atoms with Gasteiger partial charge in [0.15, 0.2) is 0 Å². The molecule has 4 rings (SSSR count). The number of carbonyl (C=O) groups is 2. The molecule has 0 unspecified atom stereocenters. The predicted molar refractivity (Wildman–Crippen MR) is 124 cm³/mol. The summed E-state index contributed by atoms with van der Waals surface area (Å²) in [4.78, 5) is 29.7. The Balaban J connectivity index is 1.78. The van der Waals surface area contributed by atoms with Crippen molar-refractivity contribution in [3.63, 3.8) is 0 Å². The molecular weight excluding hydrogens is 428 g/mol. The Morgan fingerprint density at radius 2 is 2.00 bits per heavy atom. The first kappa shape index (κ1) is 22.4. The van der Waals surface area contributed by atoms with Crippen molar-refractivity contribution in [1.29, 1.82) is 0 Å². The van der Waals surface area contributed by atoms with Crippen LogP contribution in [0.25, 0.3) is 5.76 Å². The van der Waals surface area contributed by atoms with Gasteiger partial charge >= 0.3 is 0 Å². The quantitative estimate of drug-likeness (QED) is 0.405. The number of halogens is 1. The van der Waals surface area contributed by atoms with E-state index in [4.69, 9.17) is 16.3 Å². The van der Waals surface area contributed by atoms with Crippen molar-refractivity contribution in [1.82, 2.24) is 9.80 Å². The van der Waals surface area contributed by atoms with Crippen LogP contribution in [-0.4, -0.2) is 59.9 Å². The van der Waals surface area contributed by atoms with E-state index in [0.717, 1.165) is 24.3 Å². The molecule has 0 radical (unpaired) electrons. The molecule has 0 spiro atoms. The number of aliphatic hydroxyl groups excluding tert-OH is 1. The maximum atomic E-state index is 13.1. The summed E-state index contributed by atoms with van der Waals surface area (Å²) in [6.45, 7) is 3.15. The van der Waals surface area contributed by atoms with Gasteiger partial charge in [-0.05, 0) is 75.4 Å². The van der Waals surface area contributed by atoms with Crippen molar-refractivity contribution in [2.75, 3.05) is 27.2 Å². The van der Waals surface area contributed by atoms with E-state index in [1.54, 1.807) is 35.2 Å². The van der Waals surface area contributed by atoms with Crippen molar-refractivity contribution in [3.8, 4) is 5.75 Å². The topological polar surface area (TPSA) is 70.1 Å². The average Bonchev–Trinajstić information content (AvgIpc) is 3.24. The van der Waals surface area contributed by atoms with Crippen molar-refractivity contribution in [2.45, 2.75) is 31.9 Å². The van der Waals surface area contributed by atoms with Crippen LogP contribution in [0.4, 0.5) is 0 Å². The molecule has 168 valence electrons. The van der Waals surface area contributed by atoms with Crippen LogP contribution in [0.5, 0.6) is 5.75 Å². The van der Waals surface area contributed by atoms with E-state index >= 15 is 0 Å². The molecule has 2 atom stereocenters. The highest BCUT2D eigenvalue weighted by Crippen LogP contribution is 2.41. The fourth-order valence-electron chi connectivity index (χ4n) is 4.42. The average molecular weight is 455 g/mol. The SMILES string of the molecule is C[C@H]1Cc2cc(/C(O)=C3\C(=O)C(=O)N(CCCN(C)C)[C@H]3c3cccc(Cl)c3)ccc2O1. The van der Waals surface area contributed by atoms with Crippen LogP contribution in [0.3, 0.4) is 0 Å². The van der Waals surface area contributed by atoms with Gasteiger partial charge in [-0.3, -0.25) is 9.59 Å². The van der Waals surface area contributed by atoms with Gasteiger partial charge in [0.25, 0.3) is 11.7 Å². The van der Waals surface area contributed by atoms with E-state index in [2.05, 4.69) is 0 Å². The predicted octanol–water partition coefficient (Wildman–Crippen LogP) is 4.04. The Morgan fingerprint density at radius 3 is 2.72 bits per heavy atom. The number of hydrogen-bond acceptors (Lipinski definition) is 5. The number of fused-ring (bicyclic) bond motifs is 1. The molecule has 7 heteroatoms. The summed E-state index contributed by atoms with van der Waals surface area (Å²) in [5, 5.41) is 11.7. The van der Waals surface area contributed by atoms with Gasteiger partial charge in [-0.2, -0.15) is 0 Å². The summed E-state index contributed by atoms with van der Waals surface area (Å²) in [5.74, 6) is -0.675. The number of ether oxygens (including phenoxy) is 1. The number of benzene rings is 2. The van der Waals surface area contributed by atoms with Crippen LogP contribution < -0.4 is 4.74 Å². The largest absolute Gasteiger partial charge is 0.507 e. The molecule has 2 aromatic carbocycles. The van der Waals surface area contributed by atoms with Gasteiger partial charge in [-0.1, -0.05) is 23.7 Å². The van der Waals surface area contributed by atoms with Crippen LogP contribution in [0.15, 0.2) is 48.0 Å². The second kappa shape index (κ2) is 8.96. The van der Waals surface area contributed by atoms with E-state index in [1.165, 1.54) is 0 Å². The van der Waals surface area contributed by atoms with Gasteiger partial charge in [-0.25, -0.2) is 0 Å². The minimum absolute atomic E-state index is 0.0659. The molecule has 2 aromatic rings. The van der Waals surface area contributed by atoms with Gasteiger partial charge in [0.2, 0.25) is 0 Å². The van der Waals surface area contributed by atoms with Crippen molar-refractivity contribution >= 4 is 29.1 Å². The molecule has 1 saturated heterocycles. The van der Waals surface area contributed by atoms with Gasteiger partial charge in [0.05, 0.1) is 11.6 Å². The summed E-state index contributed by atoms with van der Waals surface area (Å²) in [7, 11) is 3.92. The fraction of sp³-hybridized carbons (Fsp3) is 0.360. The van der Waals surface area contributed by atoms with E-state index in [0.29, 0.717) is 29.1 Å². The van der Waals surface area contributed by atoms with Gasteiger partial charge in [0, 0.05) is 23.6 Å². The number of amides is 1. The minimum Gasteiger partial charge on any atom is -0.507 e. The first-order chi connectivity index (χ1) is 15.3. The molecule has 0 aromatic heterocycles. The summed E-state index contributed by atoms with van der Waals surface area (Å²) >= 11 is 6.22. The van der Waals surface area contributed by atoms with Gasteiger partial charge < -0.3 is 19.6 Å². The van der Waals surface area contributed by atoms with Crippen LogP contribution in [-0.2, 0) is 16.0 Å². The third-order valence-electron chi connectivity index (χ3n) is 5.88. The number of hydrogen-bond donors (Lipinski definition) is 1. The van der Waals surface area contributed by atoms with Crippen molar-refractivity contribution < 1.29 is 19.4 Å². The second-order valence-electron chi connectivity index (χ2n) is 8.66. The van der Waals surface area contributed by atoms with Crippen molar-refractivity contribution in [3.05, 3.63) is 69.8 Å². The number of nitrogens with zero attached hydrogens (tertiary/aromatic N) is 2. The first-order valence-corrected chi connectivity index (χ1v) is 11.1. The molecule has 0 saturated carbocycles. The molecular formula is C25H27ClN2O4. The van der Waals surface area contributed by atoms with Crippen LogP contribution in [0, 0.1) is 0 Å². The van der Waals surface area contributed by atoms with Crippen LogP contribution in [0.2, 0.25) is 5.02 Å². The van der Waals surface area contributed by atoms with E-state index in [1.807, 2.05) is 38.1 Å². The Morgan fingerprint density at radius 1 is 1.22 bits per heavy atom. The molecule has 2 aliphatic rings. The highest BCUT2D eigenvalue weighted by Gasteiger charge is 2.45. The third-order valence-corrected chi connectivity index (χ3v) is 6.11. The number of carbonyl (C=O) groups excluding carboxylic acids is 2. The normalized spacial score (nSPS) is 21.8. The molecule has 32 heavy (non-hydrogen) atoms. The monoisotopic (exact) mass is 454 g/mol.